The highest BCUT2D eigenvalue weighted by molar-refractivity contribution is 5.14. The molecule has 1 atom stereocenters. The number of nitrogen functional groups attached to an aromatic ring is 1. The van der Waals surface area contributed by atoms with Crippen LogP contribution in [0.3, 0.4) is 0 Å². The molecular weight excluding hydrogens is 174 g/mol. The smallest absolute Gasteiger partial charge is 0.262 e. The summed E-state index contributed by atoms with van der Waals surface area (Å²) >= 11 is 0. The van der Waals surface area contributed by atoms with E-state index in [0.29, 0.717) is 25.5 Å². The Morgan fingerprint density at radius 2 is 2.46 bits per heavy atom. The third kappa shape index (κ3) is 1.27. The Kier molecular flexibility index (Phi) is 1.93. The minimum atomic E-state index is -0.593. The normalized spacial score (nSPS) is 28.1. The minimum Gasteiger partial charge on any atom is -0.378 e. The fourth-order valence-electron chi connectivity index (χ4n) is 1.38. The van der Waals surface area contributed by atoms with Gasteiger partial charge in [-0.2, -0.15) is 4.98 Å². The van der Waals surface area contributed by atoms with E-state index in [-0.39, 0.29) is 5.95 Å². The SMILES string of the molecule is COC1(c2nc(N)no2)CCOC1. The Bertz CT molecular complexity index is 293. The highest BCUT2D eigenvalue weighted by Gasteiger charge is 2.42. The van der Waals surface area contributed by atoms with Crippen molar-refractivity contribution in [1.29, 1.82) is 0 Å². The summed E-state index contributed by atoms with van der Waals surface area (Å²) in [5, 5.41) is 3.51. The molecular formula is C7H11N3O3. The van der Waals surface area contributed by atoms with Gasteiger partial charge in [0.2, 0.25) is 0 Å². The molecule has 1 fully saturated rings. The minimum absolute atomic E-state index is 0.123. The number of hydrogen-bond acceptors (Lipinski definition) is 6. The third-order valence-corrected chi connectivity index (χ3v) is 2.21. The van der Waals surface area contributed by atoms with Crippen LogP contribution in [0.15, 0.2) is 4.52 Å². The molecule has 1 aliphatic rings. The first-order valence-corrected chi connectivity index (χ1v) is 3.99. The molecule has 0 amide bonds. The van der Waals surface area contributed by atoms with Crippen molar-refractivity contribution in [1.82, 2.24) is 10.1 Å². The molecule has 0 bridgehead atoms. The third-order valence-electron chi connectivity index (χ3n) is 2.21. The molecule has 0 saturated carbocycles. The van der Waals surface area contributed by atoms with Crippen LogP contribution in [0.5, 0.6) is 0 Å². The van der Waals surface area contributed by atoms with Gasteiger partial charge in [0.15, 0.2) is 5.60 Å². The lowest BCUT2D eigenvalue weighted by molar-refractivity contribution is -0.0442. The molecule has 1 saturated heterocycles. The molecule has 2 rings (SSSR count). The number of ether oxygens (including phenoxy) is 2. The topological polar surface area (TPSA) is 83.4 Å². The van der Waals surface area contributed by atoms with Gasteiger partial charge in [-0.1, -0.05) is 0 Å². The fourth-order valence-corrected chi connectivity index (χ4v) is 1.38. The van der Waals surface area contributed by atoms with E-state index in [4.69, 9.17) is 19.7 Å². The molecule has 0 spiro atoms. The quantitative estimate of drug-likeness (QED) is 0.693. The molecule has 2 N–H and O–H groups in total. The van der Waals surface area contributed by atoms with Crippen LogP contribution < -0.4 is 5.73 Å². The standard InChI is InChI=1S/C7H11N3O3/c1-11-7(2-3-12-4-7)5-9-6(8)10-13-5/h2-4H2,1H3,(H2,8,10). The lowest BCUT2D eigenvalue weighted by Crippen LogP contribution is -2.29. The van der Waals surface area contributed by atoms with Crippen LogP contribution in [0.1, 0.15) is 12.3 Å². The van der Waals surface area contributed by atoms with Gasteiger partial charge in [-0.15, -0.1) is 0 Å². The second-order valence-corrected chi connectivity index (χ2v) is 2.96. The zero-order chi connectivity index (χ0) is 9.31. The molecule has 0 aromatic carbocycles. The Morgan fingerprint density at radius 1 is 1.62 bits per heavy atom. The van der Waals surface area contributed by atoms with E-state index in [1.54, 1.807) is 7.11 Å². The maximum atomic E-state index is 5.35. The molecule has 1 aliphatic heterocycles. The van der Waals surface area contributed by atoms with Crippen molar-refractivity contribution in [3.05, 3.63) is 5.89 Å². The maximum absolute atomic E-state index is 5.35. The van der Waals surface area contributed by atoms with E-state index in [9.17, 15) is 0 Å². The zero-order valence-electron chi connectivity index (χ0n) is 7.32. The average molecular weight is 185 g/mol. The lowest BCUT2D eigenvalue weighted by Gasteiger charge is -2.19. The van der Waals surface area contributed by atoms with E-state index in [1.807, 2.05) is 0 Å². The molecule has 1 aromatic heterocycles. The predicted molar refractivity (Wildman–Crippen MR) is 42.8 cm³/mol. The molecule has 2 heterocycles. The van der Waals surface area contributed by atoms with Crippen molar-refractivity contribution in [3.8, 4) is 0 Å². The van der Waals surface area contributed by atoms with E-state index < -0.39 is 5.60 Å². The van der Waals surface area contributed by atoms with Crippen molar-refractivity contribution in [2.45, 2.75) is 12.0 Å². The maximum Gasteiger partial charge on any atom is 0.262 e. The summed E-state index contributed by atoms with van der Waals surface area (Å²) in [6, 6.07) is 0. The van der Waals surface area contributed by atoms with E-state index in [0.717, 1.165) is 0 Å². The summed E-state index contributed by atoms with van der Waals surface area (Å²) in [7, 11) is 1.59. The number of nitrogens with zero attached hydrogens (tertiary/aromatic N) is 2. The highest BCUT2D eigenvalue weighted by Crippen LogP contribution is 2.32. The number of aromatic nitrogens is 2. The van der Waals surface area contributed by atoms with Gasteiger partial charge in [0.05, 0.1) is 13.2 Å². The Hall–Kier alpha value is -1.14. The van der Waals surface area contributed by atoms with Gasteiger partial charge in [-0.3, -0.25) is 0 Å². The van der Waals surface area contributed by atoms with Crippen LogP contribution >= 0.6 is 0 Å². The van der Waals surface area contributed by atoms with Crippen LogP contribution in [0.2, 0.25) is 0 Å². The van der Waals surface area contributed by atoms with Crippen molar-refractivity contribution >= 4 is 5.95 Å². The van der Waals surface area contributed by atoms with Gasteiger partial charge in [-0.25, -0.2) is 0 Å². The summed E-state index contributed by atoms with van der Waals surface area (Å²) in [5.74, 6) is 0.517. The lowest BCUT2D eigenvalue weighted by atomic mass is 10.0. The number of rotatable bonds is 2. The molecule has 6 heteroatoms. The fraction of sp³-hybridized carbons (Fsp3) is 0.714. The molecule has 72 valence electrons. The molecule has 0 aliphatic carbocycles. The first-order valence-electron chi connectivity index (χ1n) is 3.99. The van der Waals surface area contributed by atoms with E-state index in [2.05, 4.69) is 10.1 Å². The van der Waals surface area contributed by atoms with Gasteiger partial charge in [0, 0.05) is 13.5 Å². The van der Waals surface area contributed by atoms with Crippen molar-refractivity contribution in [2.24, 2.45) is 0 Å². The van der Waals surface area contributed by atoms with Crippen molar-refractivity contribution in [3.63, 3.8) is 0 Å². The predicted octanol–water partition coefficient (Wildman–Crippen LogP) is -0.0862. The first kappa shape index (κ1) is 8.46. The number of methoxy groups -OCH3 is 1. The van der Waals surface area contributed by atoms with Crippen molar-refractivity contribution < 1.29 is 14.0 Å². The Morgan fingerprint density at radius 3 is 2.92 bits per heavy atom. The molecule has 0 radical (unpaired) electrons. The first-order chi connectivity index (χ1) is 6.27. The van der Waals surface area contributed by atoms with Gasteiger partial charge >= 0.3 is 0 Å². The molecule has 6 nitrogen and oxygen atoms in total. The Labute approximate surface area is 75.0 Å². The van der Waals surface area contributed by atoms with Gasteiger partial charge in [-0.05, 0) is 5.16 Å². The largest absolute Gasteiger partial charge is 0.378 e. The number of anilines is 1. The number of nitrogens with two attached hydrogens (primary N) is 1. The summed E-state index contributed by atoms with van der Waals surface area (Å²) in [6.07, 6.45) is 0.713. The van der Waals surface area contributed by atoms with Crippen LogP contribution in [-0.4, -0.2) is 30.5 Å². The monoisotopic (exact) mass is 185 g/mol. The molecule has 13 heavy (non-hydrogen) atoms. The molecule has 1 aromatic rings. The second-order valence-electron chi connectivity index (χ2n) is 2.96. The zero-order valence-corrected chi connectivity index (χ0v) is 7.32. The van der Waals surface area contributed by atoms with Crippen LogP contribution in [-0.2, 0) is 15.1 Å². The molecule has 1 unspecified atom stereocenters. The number of hydrogen-bond donors (Lipinski definition) is 1. The van der Waals surface area contributed by atoms with Gasteiger partial charge < -0.3 is 19.7 Å². The summed E-state index contributed by atoms with van der Waals surface area (Å²) in [6.45, 7) is 1.07. The Balaban J connectivity index is 2.30. The van der Waals surface area contributed by atoms with Gasteiger partial charge in [0.1, 0.15) is 0 Å². The highest BCUT2D eigenvalue weighted by atomic mass is 16.6. The summed E-state index contributed by atoms with van der Waals surface area (Å²) < 4.78 is 15.5. The van der Waals surface area contributed by atoms with E-state index in [1.165, 1.54) is 0 Å². The van der Waals surface area contributed by atoms with Crippen LogP contribution in [0.25, 0.3) is 0 Å². The van der Waals surface area contributed by atoms with E-state index >= 15 is 0 Å². The van der Waals surface area contributed by atoms with Crippen molar-refractivity contribution in [2.75, 3.05) is 26.1 Å². The van der Waals surface area contributed by atoms with Crippen LogP contribution in [0, 0.1) is 0 Å². The summed E-state index contributed by atoms with van der Waals surface area (Å²) in [4.78, 5) is 3.93. The summed E-state index contributed by atoms with van der Waals surface area (Å²) in [5.41, 5.74) is 4.75. The van der Waals surface area contributed by atoms with Gasteiger partial charge in [0.25, 0.3) is 11.8 Å². The second kappa shape index (κ2) is 2.97. The van der Waals surface area contributed by atoms with Crippen LogP contribution in [0.4, 0.5) is 5.95 Å². The average Bonchev–Trinajstić information content (AvgIpc) is 2.73.